The molecule has 53 heavy (non-hydrogen) atoms. The van der Waals surface area contributed by atoms with E-state index in [0.29, 0.717) is 0 Å². The highest BCUT2D eigenvalue weighted by Crippen LogP contribution is 2.44. The lowest BCUT2D eigenvalue weighted by atomic mass is 9.95. The number of carbonyl (C=O) groups is 3. The number of nitrogens with one attached hydrogen (secondary N) is 3. The van der Waals surface area contributed by atoms with Gasteiger partial charge in [0.05, 0.1) is 13.2 Å². The monoisotopic (exact) mass is 741 g/mol. The van der Waals surface area contributed by atoms with Crippen molar-refractivity contribution in [2.45, 2.75) is 133 Å². The second-order valence-corrected chi connectivity index (χ2v) is 14.6. The van der Waals surface area contributed by atoms with Gasteiger partial charge in [-0.15, -0.1) is 0 Å². The molecule has 5 aliphatic rings. The molecule has 0 radical (unpaired) electrons. The Morgan fingerprint density at radius 1 is 0.811 bits per heavy atom. The van der Waals surface area contributed by atoms with Gasteiger partial charge >= 0.3 is 0 Å². The summed E-state index contributed by atoms with van der Waals surface area (Å²) in [5, 5.41) is 2.89. The average Bonchev–Trinajstić information content (AvgIpc) is 3.63. The Kier molecular flexibility index (Phi) is 10.9. The molecule has 5 saturated heterocycles. The first-order valence-electron chi connectivity index (χ1n) is 17.8. The maximum atomic E-state index is 13.6. The number of rotatable bonds is 9. The van der Waals surface area contributed by atoms with Gasteiger partial charge in [0.25, 0.3) is 11.8 Å². The van der Waals surface area contributed by atoms with Gasteiger partial charge < -0.3 is 52.7 Å². The largest absolute Gasteiger partial charge is 0.360 e. The molecule has 16 heteroatoms. The number of fused-ring (bicyclic) bond motifs is 4. The van der Waals surface area contributed by atoms with Crippen LogP contribution in [0.5, 0.6) is 0 Å². The molecule has 5 aliphatic heterocycles. The summed E-state index contributed by atoms with van der Waals surface area (Å²) in [6.07, 6.45) is -9.60. The molecule has 16 nitrogen and oxygen atoms in total. The third kappa shape index (κ3) is 8.42. The zero-order valence-corrected chi connectivity index (χ0v) is 30.4. The highest BCUT2D eigenvalue weighted by molar-refractivity contribution is 5.86. The van der Waals surface area contributed by atoms with Crippen LogP contribution in [0.4, 0.5) is 0 Å². The number of hydrogen-bond donors (Lipinski definition) is 3. The van der Waals surface area contributed by atoms with Gasteiger partial charge in [-0.25, -0.2) is 0 Å². The first kappa shape index (κ1) is 37.8. The van der Waals surface area contributed by atoms with Crippen molar-refractivity contribution in [3.63, 3.8) is 0 Å². The second-order valence-electron chi connectivity index (χ2n) is 14.6. The molecule has 3 amide bonds. The summed E-state index contributed by atoms with van der Waals surface area (Å²) < 4.78 is 61.5. The van der Waals surface area contributed by atoms with E-state index in [0.717, 1.165) is 11.1 Å². The number of hydrazine groups is 1. The van der Waals surface area contributed by atoms with Crippen LogP contribution in [-0.4, -0.2) is 103 Å². The SMILES string of the molecule is CC(=O)NC1C(OCc2ccccc2)OC2COC(c3ccccc3)OC2C1OC(C)C(=O)NNC(=O)C1OC2OC(C)(C)OC2C2OC(C)(C)OC12. The average molecular weight is 742 g/mol. The van der Waals surface area contributed by atoms with E-state index in [-0.39, 0.29) is 19.1 Å². The van der Waals surface area contributed by atoms with Crippen LogP contribution < -0.4 is 16.2 Å². The summed E-state index contributed by atoms with van der Waals surface area (Å²) in [6, 6.07) is 17.9. The molecule has 2 aromatic rings. The fourth-order valence-electron chi connectivity index (χ4n) is 7.21. The molecule has 12 atom stereocenters. The quantitative estimate of drug-likeness (QED) is 0.318. The summed E-state index contributed by atoms with van der Waals surface area (Å²) in [5.41, 5.74) is 6.54. The Morgan fingerprint density at radius 3 is 2.19 bits per heavy atom. The highest BCUT2D eigenvalue weighted by Gasteiger charge is 2.62. The Hall–Kier alpha value is -3.55. The smallest absolute Gasteiger partial charge is 0.270 e. The van der Waals surface area contributed by atoms with Crippen LogP contribution >= 0.6 is 0 Å². The first-order valence-corrected chi connectivity index (χ1v) is 17.8. The lowest BCUT2D eigenvalue weighted by molar-refractivity contribution is -0.351. The Morgan fingerprint density at radius 2 is 1.47 bits per heavy atom. The van der Waals surface area contributed by atoms with Gasteiger partial charge in [-0.1, -0.05) is 60.7 Å². The van der Waals surface area contributed by atoms with Crippen LogP contribution in [0.3, 0.4) is 0 Å². The minimum Gasteiger partial charge on any atom is -0.360 e. The van der Waals surface area contributed by atoms with E-state index in [1.54, 1.807) is 27.7 Å². The van der Waals surface area contributed by atoms with E-state index >= 15 is 0 Å². The molecule has 0 spiro atoms. The molecule has 7 rings (SSSR count). The molecule has 0 bridgehead atoms. The molecule has 2 aromatic carbocycles. The number of amides is 3. The molecule has 288 valence electrons. The van der Waals surface area contributed by atoms with Gasteiger partial charge in [0.2, 0.25) is 5.91 Å². The van der Waals surface area contributed by atoms with Gasteiger partial charge in [0.15, 0.2) is 36.5 Å². The van der Waals surface area contributed by atoms with Gasteiger partial charge in [-0.05, 0) is 40.2 Å². The van der Waals surface area contributed by atoms with E-state index in [1.807, 2.05) is 60.7 Å². The van der Waals surface area contributed by atoms with Crippen LogP contribution in [0.2, 0.25) is 0 Å². The van der Waals surface area contributed by atoms with Crippen LogP contribution in [-0.2, 0) is 68.4 Å². The number of benzene rings is 2. The summed E-state index contributed by atoms with van der Waals surface area (Å²) >= 11 is 0. The van der Waals surface area contributed by atoms with Crippen LogP contribution in [0.1, 0.15) is 59.0 Å². The Bertz CT molecular complexity index is 1610. The van der Waals surface area contributed by atoms with Crippen molar-refractivity contribution in [3.05, 3.63) is 71.8 Å². The zero-order chi connectivity index (χ0) is 37.5. The van der Waals surface area contributed by atoms with Crippen molar-refractivity contribution in [1.29, 1.82) is 0 Å². The topological polar surface area (TPSA) is 180 Å². The summed E-state index contributed by atoms with van der Waals surface area (Å²) in [5.74, 6) is -3.74. The van der Waals surface area contributed by atoms with Crippen molar-refractivity contribution in [2.75, 3.05) is 6.61 Å². The summed E-state index contributed by atoms with van der Waals surface area (Å²) in [4.78, 5) is 39.7. The van der Waals surface area contributed by atoms with Crippen LogP contribution in [0.25, 0.3) is 0 Å². The fraction of sp³-hybridized carbons (Fsp3) is 0.595. The molecule has 5 fully saturated rings. The van der Waals surface area contributed by atoms with Gasteiger partial charge in [-0.2, -0.15) is 0 Å². The Labute approximate surface area is 307 Å². The molecule has 5 heterocycles. The van der Waals surface area contributed by atoms with Crippen LogP contribution in [0, 0.1) is 0 Å². The summed E-state index contributed by atoms with van der Waals surface area (Å²) in [6.45, 7) is 10.1. The molecule has 12 unspecified atom stereocenters. The molecular weight excluding hydrogens is 694 g/mol. The van der Waals surface area contributed by atoms with Crippen molar-refractivity contribution in [2.24, 2.45) is 0 Å². The Balaban J connectivity index is 1.06. The van der Waals surface area contributed by atoms with Crippen molar-refractivity contribution < 1.29 is 61.8 Å². The standard InChI is InChI=1S/C37H47N3O13/c1-19(31(42)39-40-32(43)29-27-28(51-36(3,4)50-27)30-35(49-29)53-37(5,6)52-30)46-26-24(38-20(2)41)34(44-17-21-13-9-7-10-14-21)47-23-18-45-33(48-25(23)26)22-15-11-8-12-16-22/h7-16,19,23-30,33-35H,17-18H2,1-6H3,(H,38,41)(H,39,42)(H,40,43). The van der Waals surface area contributed by atoms with E-state index in [9.17, 15) is 14.4 Å². The van der Waals surface area contributed by atoms with E-state index in [4.69, 9.17) is 47.4 Å². The number of carbonyl (C=O) groups excluding carboxylic acids is 3. The molecule has 3 N–H and O–H groups in total. The number of ether oxygens (including phenoxy) is 10. The zero-order valence-electron chi connectivity index (χ0n) is 30.4. The van der Waals surface area contributed by atoms with Crippen molar-refractivity contribution >= 4 is 17.7 Å². The number of hydrogen-bond acceptors (Lipinski definition) is 13. The molecular formula is C37H47N3O13. The van der Waals surface area contributed by atoms with Gasteiger partial charge in [0, 0.05) is 12.5 Å². The lowest BCUT2D eigenvalue weighted by Gasteiger charge is -2.49. The first-order chi connectivity index (χ1) is 25.3. The lowest BCUT2D eigenvalue weighted by Crippen LogP contribution is -2.68. The molecule has 0 aromatic heterocycles. The van der Waals surface area contributed by atoms with Gasteiger partial charge in [0.1, 0.15) is 48.8 Å². The van der Waals surface area contributed by atoms with Crippen molar-refractivity contribution in [3.8, 4) is 0 Å². The van der Waals surface area contributed by atoms with E-state index in [2.05, 4.69) is 16.2 Å². The second kappa shape index (κ2) is 15.3. The summed E-state index contributed by atoms with van der Waals surface area (Å²) in [7, 11) is 0. The third-order valence-corrected chi connectivity index (χ3v) is 9.49. The normalized spacial score (nSPS) is 35.9. The highest BCUT2D eigenvalue weighted by atomic mass is 16.9. The van der Waals surface area contributed by atoms with Crippen LogP contribution in [0.15, 0.2) is 60.7 Å². The molecule has 0 aliphatic carbocycles. The fourth-order valence-corrected chi connectivity index (χ4v) is 7.21. The van der Waals surface area contributed by atoms with E-state index in [1.165, 1.54) is 13.8 Å². The predicted molar refractivity (Wildman–Crippen MR) is 181 cm³/mol. The minimum atomic E-state index is -1.20. The van der Waals surface area contributed by atoms with Gasteiger partial charge in [-0.3, -0.25) is 25.2 Å². The maximum absolute atomic E-state index is 13.6. The van der Waals surface area contributed by atoms with Crippen molar-refractivity contribution in [1.82, 2.24) is 16.2 Å². The van der Waals surface area contributed by atoms with E-state index < -0.39 is 97.1 Å². The minimum absolute atomic E-state index is 0.124. The third-order valence-electron chi connectivity index (χ3n) is 9.49. The maximum Gasteiger partial charge on any atom is 0.270 e. The molecule has 0 saturated carbocycles. The predicted octanol–water partition coefficient (Wildman–Crippen LogP) is 1.86.